The fourth-order valence-electron chi connectivity index (χ4n) is 1.39. The Morgan fingerprint density at radius 1 is 1.62 bits per heavy atom. The lowest BCUT2D eigenvalue weighted by molar-refractivity contribution is 0.148. The van der Waals surface area contributed by atoms with E-state index >= 15 is 0 Å². The second kappa shape index (κ2) is 5.61. The van der Waals surface area contributed by atoms with Crippen molar-refractivity contribution < 1.29 is 13.5 Å². The zero-order valence-corrected chi connectivity index (χ0v) is 9.26. The second-order valence-corrected chi connectivity index (χ2v) is 3.20. The first-order valence-electron chi connectivity index (χ1n) is 4.41. The van der Waals surface area contributed by atoms with Crippen molar-refractivity contribution in [2.24, 2.45) is 0 Å². The van der Waals surface area contributed by atoms with E-state index in [-0.39, 0.29) is 34.9 Å². The Labute approximate surface area is 96.6 Å². The predicted molar refractivity (Wildman–Crippen MR) is 54.6 cm³/mol. The number of hydrogen-bond acceptors (Lipinski definition) is 3. The van der Waals surface area contributed by atoms with Crippen molar-refractivity contribution in [1.82, 2.24) is 4.98 Å². The van der Waals surface area contributed by atoms with Crippen LogP contribution >= 0.6 is 11.6 Å². The summed E-state index contributed by atoms with van der Waals surface area (Å²) in [4.78, 5) is 3.79. The highest BCUT2D eigenvalue weighted by molar-refractivity contribution is 6.17. The van der Waals surface area contributed by atoms with Crippen LogP contribution in [0, 0.1) is 11.3 Å². The van der Waals surface area contributed by atoms with Crippen LogP contribution in [-0.4, -0.2) is 12.1 Å². The number of methoxy groups -OCH3 is 1. The highest BCUT2D eigenvalue weighted by atomic mass is 35.5. The van der Waals surface area contributed by atoms with Crippen LogP contribution in [0.15, 0.2) is 6.20 Å². The molecule has 0 unspecified atom stereocenters. The fraction of sp³-hybridized carbons (Fsp3) is 0.400. The Kier molecular flexibility index (Phi) is 4.44. The van der Waals surface area contributed by atoms with Crippen LogP contribution in [0.4, 0.5) is 8.78 Å². The molecule has 86 valence electrons. The topological polar surface area (TPSA) is 45.9 Å². The van der Waals surface area contributed by atoms with Crippen LogP contribution in [0.5, 0.6) is 5.75 Å². The Balaban J connectivity index is 3.41. The maximum Gasteiger partial charge on any atom is 0.266 e. The maximum absolute atomic E-state index is 12.9. The van der Waals surface area contributed by atoms with E-state index in [1.54, 1.807) is 0 Å². The third-order valence-electron chi connectivity index (χ3n) is 2.09. The zero-order valence-electron chi connectivity index (χ0n) is 8.51. The number of pyridine rings is 1. The Bertz CT molecular complexity index is 418. The van der Waals surface area contributed by atoms with Crippen molar-refractivity contribution in [2.45, 2.75) is 18.7 Å². The molecule has 0 aliphatic heterocycles. The highest BCUT2D eigenvalue weighted by Crippen LogP contribution is 2.32. The number of nitriles is 1. The molecule has 3 nitrogen and oxygen atoms in total. The molecule has 0 fully saturated rings. The summed E-state index contributed by atoms with van der Waals surface area (Å²) in [6.45, 7) is 0. The number of nitrogens with zero attached hydrogens (tertiary/aromatic N) is 2. The van der Waals surface area contributed by atoms with Gasteiger partial charge >= 0.3 is 0 Å². The van der Waals surface area contributed by atoms with E-state index in [1.807, 2.05) is 6.07 Å². The van der Waals surface area contributed by atoms with Gasteiger partial charge in [-0.15, -0.1) is 11.6 Å². The van der Waals surface area contributed by atoms with Crippen LogP contribution in [0.2, 0.25) is 0 Å². The quantitative estimate of drug-likeness (QED) is 0.768. The lowest BCUT2D eigenvalue weighted by Gasteiger charge is -2.13. The molecule has 0 aliphatic carbocycles. The van der Waals surface area contributed by atoms with E-state index in [0.29, 0.717) is 0 Å². The van der Waals surface area contributed by atoms with Gasteiger partial charge in [0.15, 0.2) is 0 Å². The molecule has 0 bridgehead atoms. The summed E-state index contributed by atoms with van der Waals surface area (Å²) in [7, 11) is 1.34. The van der Waals surface area contributed by atoms with Crippen molar-refractivity contribution in [3.05, 3.63) is 23.0 Å². The molecular weight excluding hydrogens is 238 g/mol. The number of rotatable bonds is 4. The van der Waals surface area contributed by atoms with Gasteiger partial charge in [-0.3, -0.25) is 4.98 Å². The van der Waals surface area contributed by atoms with E-state index in [1.165, 1.54) is 13.3 Å². The van der Waals surface area contributed by atoms with Crippen molar-refractivity contribution in [3.63, 3.8) is 0 Å². The molecule has 0 radical (unpaired) electrons. The summed E-state index contributed by atoms with van der Waals surface area (Å²) in [5.41, 5.74) is -0.0516. The standard InChI is InChI=1S/C10H9ClF2N2O/c1-16-8-5-15-7(4-11)9(10(12)13)6(8)2-3-14/h5,10H,2,4H2,1H3. The maximum atomic E-state index is 12.9. The van der Waals surface area contributed by atoms with Crippen molar-refractivity contribution >= 4 is 11.6 Å². The molecule has 0 saturated carbocycles. The molecule has 16 heavy (non-hydrogen) atoms. The second-order valence-electron chi connectivity index (χ2n) is 2.93. The predicted octanol–water partition coefficient (Wildman–Crippen LogP) is 2.83. The Morgan fingerprint density at radius 3 is 2.75 bits per heavy atom. The van der Waals surface area contributed by atoms with E-state index in [2.05, 4.69) is 4.98 Å². The number of ether oxygens (including phenoxy) is 1. The van der Waals surface area contributed by atoms with Gasteiger partial charge in [-0.05, 0) is 0 Å². The first-order chi connectivity index (χ1) is 7.65. The first-order valence-corrected chi connectivity index (χ1v) is 4.94. The average molecular weight is 247 g/mol. The van der Waals surface area contributed by atoms with E-state index < -0.39 is 6.43 Å². The van der Waals surface area contributed by atoms with Crippen molar-refractivity contribution in [3.8, 4) is 11.8 Å². The first kappa shape index (κ1) is 12.7. The minimum Gasteiger partial charge on any atom is -0.495 e. The van der Waals surface area contributed by atoms with Gasteiger partial charge in [0.2, 0.25) is 0 Å². The monoisotopic (exact) mass is 246 g/mol. The summed E-state index contributed by atoms with van der Waals surface area (Å²) in [5.74, 6) is 0.0629. The molecule has 0 aromatic carbocycles. The van der Waals surface area contributed by atoms with Gasteiger partial charge in [0.1, 0.15) is 5.75 Å². The summed E-state index contributed by atoms with van der Waals surface area (Å²) in [5, 5.41) is 8.61. The van der Waals surface area contributed by atoms with Crippen LogP contribution in [0.25, 0.3) is 0 Å². The number of aromatic nitrogens is 1. The average Bonchev–Trinajstić information content (AvgIpc) is 2.28. The molecule has 0 atom stereocenters. The minimum atomic E-state index is -2.72. The molecule has 0 N–H and O–H groups in total. The third kappa shape index (κ3) is 2.39. The summed E-state index contributed by atoms with van der Waals surface area (Å²) in [6.07, 6.45) is -1.58. The Morgan fingerprint density at radius 2 is 2.31 bits per heavy atom. The molecule has 1 heterocycles. The van der Waals surface area contributed by atoms with E-state index in [9.17, 15) is 8.78 Å². The molecule has 1 aromatic rings. The molecule has 0 aliphatic rings. The lowest BCUT2D eigenvalue weighted by atomic mass is 10.0. The molecule has 1 aromatic heterocycles. The van der Waals surface area contributed by atoms with Crippen LogP contribution in [-0.2, 0) is 12.3 Å². The normalized spacial score (nSPS) is 10.2. The highest BCUT2D eigenvalue weighted by Gasteiger charge is 2.22. The summed E-state index contributed by atoms with van der Waals surface area (Å²) in [6, 6.07) is 1.82. The number of hydrogen-bond donors (Lipinski definition) is 0. The number of halogens is 3. The lowest BCUT2D eigenvalue weighted by Crippen LogP contribution is -2.05. The molecule has 0 amide bonds. The van der Waals surface area contributed by atoms with Gasteiger partial charge < -0.3 is 4.74 Å². The third-order valence-corrected chi connectivity index (χ3v) is 2.34. The van der Waals surface area contributed by atoms with Crippen LogP contribution in [0.1, 0.15) is 23.2 Å². The molecule has 0 spiro atoms. The van der Waals surface area contributed by atoms with Gasteiger partial charge in [-0.25, -0.2) is 8.78 Å². The fourth-order valence-corrected chi connectivity index (χ4v) is 1.61. The van der Waals surface area contributed by atoms with Gasteiger partial charge in [0.25, 0.3) is 6.43 Å². The molecule has 6 heteroatoms. The van der Waals surface area contributed by atoms with Gasteiger partial charge in [-0.1, -0.05) is 0 Å². The zero-order chi connectivity index (χ0) is 12.1. The molecule has 0 saturated heterocycles. The Hall–Kier alpha value is -1.41. The van der Waals surface area contributed by atoms with Crippen molar-refractivity contribution in [1.29, 1.82) is 5.26 Å². The van der Waals surface area contributed by atoms with Crippen molar-refractivity contribution in [2.75, 3.05) is 7.11 Å². The summed E-state index contributed by atoms with van der Waals surface area (Å²) < 4.78 is 30.6. The largest absolute Gasteiger partial charge is 0.495 e. The SMILES string of the molecule is COc1cnc(CCl)c(C(F)F)c1CC#N. The summed E-state index contributed by atoms with van der Waals surface area (Å²) >= 11 is 5.52. The van der Waals surface area contributed by atoms with Gasteiger partial charge in [0.05, 0.1) is 37.4 Å². The number of alkyl halides is 3. The molecule has 1 rings (SSSR count). The van der Waals surface area contributed by atoms with Gasteiger partial charge in [0, 0.05) is 11.1 Å². The smallest absolute Gasteiger partial charge is 0.266 e. The molecular formula is C10H9ClF2N2O. The van der Waals surface area contributed by atoms with Gasteiger partial charge in [-0.2, -0.15) is 5.26 Å². The van der Waals surface area contributed by atoms with E-state index in [4.69, 9.17) is 21.6 Å². The van der Waals surface area contributed by atoms with Crippen LogP contribution in [0.3, 0.4) is 0 Å². The minimum absolute atomic E-state index is 0.0858. The van der Waals surface area contributed by atoms with E-state index in [0.717, 1.165) is 0 Å². The van der Waals surface area contributed by atoms with Crippen LogP contribution < -0.4 is 4.74 Å².